The van der Waals surface area contributed by atoms with Crippen molar-refractivity contribution in [2.24, 2.45) is 0 Å². The Balaban J connectivity index is 4.02. The van der Waals surface area contributed by atoms with Crippen LogP contribution in [0.1, 0.15) is 174 Å². The summed E-state index contributed by atoms with van der Waals surface area (Å²) in [6.45, 7) is 3.60. The van der Waals surface area contributed by atoms with Crippen molar-refractivity contribution in [2.75, 3.05) is 13.2 Å². The van der Waals surface area contributed by atoms with Gasteiger partial charge in [-0.05, 0) is 51.4 Å². The lowest BCUT2D eigenvalue weighted by molar-refractivity contribution is -0.161. The molecule has 0 radical (unpaired) electrons. The first-order valence-corrected chi connectivity index (χ1v) is 19.7. The third-order valence-electron chi connectivity index (χ3n) is 7.71. The summed E-state index contributed by atoms with van der Waals surface area (Å²) in [5, 5.41) is 0. The van der Waals surface area contributed by atoms with Gasteiger partial charge in [0.2, 0.25) is 0 Å². The monoisotopic (exact) mass is 658 g/mol. The van der Waals surface area contributed by atoms with Gasteiger partial charge >= 0.3 is 19.8 Å². The summed E-state index contributed by atoms with van der Waals surface area (Å²) in [4.78, 5) is 42.5. The van der Waals surface area contributed by atoms with Crippen LogP contribution in [0.5, 0.6) is 0 Å². The predicted molar refractivity (Wildman–Crippen MR) is 184 cm³/mol. The zero-order chi connectivity index (χ0) is 33.3. The van der Waals surface area contributed by atoms with Crippen molar-refractivity contribution in [2.45, 2.75) is 180 Å². The number of carbonyl (C=O) groups excluding carboxylic acids is 2. The Morgan fingerprint density at radius 2 is 0.978 bits per heavy atom. The predicted octanol–water partition coefficient (Wildman–Crippen LogP) is 10.5. The van der Waals surface area contributed by atoms with Crippen LogP contribution in [0.25, 0.3) is 0 Å². The van der Waals surface area contributed by atoms with Crippen molar-refractivity contribution in [3.63, 3.8) is 0 Å². The molecule has 0 heterocycles. The summed E-state index contributed by atoms with van der Waals surface area (Å²) in [7, 11) is -4.75. The Bertz CT molecular complexity index is 792. The summed E-state index contributed by atoms with van der Waals surface area (Å²) in [6.07, 6.45) is 34.8. The number of ether oxygens (including phenoxy) is 2. The first kappa shape index (κ1) is 43.5. The van der Waals surface area contributed by atoms with E-state index in [2.05, 4.69) is 36.6 Å². The van der Waals surface area contributed by atoms with E-state index in [1.54, 1.807) is 0 Å². The Labute approximate surface area is 275 Å². The topological polar surface area (TPSA) is 119 Å². The molecule has 0 aliphatic heterocycles. The zero-order valence-electron chi connectivity index (χ0n) is 28.8. The van der Waals surface area contributed by atoms with Gasteiger partial charge in [-0.1, -0.05) is 134 Å². The average Bonchev–Trinajstić information content (AvgIpc) is 3.00. The molecule has 0 aromatic heterocycles. The van der Waals surface area contributed by atoms with Crippen LogP contribution in [0.15, 0.2) is 24.3 Å². The number of phosphoric ester groups is 1. The number of phosphoric acid groups is 1. The van der Waals surface area contributed by atoms with Gasteiger partial charge in [0.1, 0.15) is 6.61 Å². The summed E-state index contributed by atoms with van der Waals surface area (Å²) >= 11 is 0. The van der Waals surface area contributed by atoms with Crippen LogP contribution in [-0.2, 0) is 28.2 Å². The fourth-order valence-electron chi connectivity index (χ4n) is 4.97. The lowest BCUT2D eigenvalue weighted by atomic mass is 10.1. The molecule has 0 unspecified atom stereocenters. The zero-order valence-corrected chi connectivity index (χ0v) is 29.7. The third kappa shape index (κ3) is 35.2. The number of esters is 2. The molecule has 0 aliphatic carbocycles. The summed E-state index contributed by atoms with van der Waals surface area (Å²) < 4.78 is 26.2. The summed E-state index contributed by atoms with van der Waals surface area (Å²) in [5.74, 6) is -0.951. The molecule has 0 saturated heterocycles. The molecule has 0 bridgehead atoms. The van der Waals surface area contributed by atoms with Crippen molar-refractivity contribution >= 4 is 19.8 Å². The molecule has 8 nitrogen and oxygen atoms in total. The number of rotatable bonds is 33. The van der Waals surface area contributed by atoms with Crippen molar-refractivity contribution in [3.05, 3.63) is 24.3 Å². The van der Waals surface area contributed by atoms with E-state index in [4.69, 9.17) is 19.3 Å². The van der Waals surface area contributed by atoms with Crippen LogP contribution in [0.2, 0.25) is 0 Å². The molecule has 0 spiro atoms. The summed E-state index contributed by atoms with van der Waals surface area (Å²) in [5.41, 5.74) is 0. The van der Waals surface area contributed by atoms with Crippen LogP contribution < -0.4 is 0 Å². The molecule has 9 heteroatoms. The minimum Gasteiger partial charge on any atom is -0.462 e. The second-order valence-electron chi connectivity index (χ2n) is 12.2. The molecule has 0 aliphatic rings. The van der Waals surface area contributed by atoms with E-state index in [9.17, 15) is 14.2 Å². The molecule has 264 valence electrons. The highest BCUT2D eigenvalue weighted by Crippen LogP contribution is 2.36. The lowest BCUT2D eigenvalue weighted by Gasteiger charge is -2.18. The van der Waals surface area contributed by atoms with E-state index in [1.165, 1.54) is 83.5 Å². The maximum atomic E-state index is 12.3. The van der Waals surface area contributed by atoms with Crippen molar-refractivity contribution in [1.82, 2.24) is 0 Å². The molecule has 0 saturated carbocycles. The molecule has 0 amide bonds. The molecular formula is C36H67O8P. The number of unbranched alkanes of at least 4 members (excludes halogenated alkanes) is 19. The number of carbonyl (C=O) groups is 2. The van der Waals surface area contributed by atoms with E-state index in [1.807, 2.05) is 6.08 Å². The quantitative estimate of drug-likeness (QED) is 0.0309. The molecule has 0 aromatic carbocycles. The summed E-state index contributed by atoms with van der Waals surface area (Å²) in [6, 6.07) is 0. The van der Waals surface area contributed by atoms with Gasteiger partial charge in [0.05, 0.1) is 6.61 Å². The van der Waals surface area contributed by atoms with Gasteiger partial charge in [-0.25, -0.2) is 4.57 Å². The standard InChI is InChI=1S/C36H67O8P/c1-3-5-7-9-11-13-15-17-18-19-21-22-24-26-28-30-35(37)42-32-34(33-43-45(39,40)41)44-36(38)31-29-27-25-23-20-16-14-12-10-8-6-4-2/h12,14,24,26,34H,3-11,13,15-23,25,27-33H2,1-2H3,(H2,39,40,41)/b14-12+,26-24+/t34-/m1/s1. The van der Waals surface area contributed by atoms with Crippen LogP contribution >= 0.6 is 7.82 Å². The molecule has 0 aromatic rings. The van der Waals surface area contributed by atoms with Gasteiger partial charge in [0, 0.05) is 12.8 Å². The molecule has 0 fully saturated rings. The lowest BCUT2D eigenvalue weighted by Crippen LogP contribution is -2.29. The van der Waals surface area contributed by atoms with E-state index in [-0.39, 0.29) is 19.4 Å². The smallest absolute Gasteiger partial charge is 0.462 e. The number of hydrogen-bond donors (Lipinski definition) is 2. The Hall–Kier alpha value is -1.47. The van der Waals surface area contributed by atoms with Gasteiger partial charge in [0.25, 0.3) is 0 Å². The van der Waals surface area contributed by atoms with Crippen LogP contribution in [-0.4, -0.2) is 41.0 Å². The van der Waals surface area contributed by atoms with Gasteiger partial charge in [-0.3, -0.25) is 14.1 Å². The first-order chi connectivity index (χ1) is 21.8. The number of hydrogen-bond acceptors (Lipinski definition) is 6. The second-order valence-corrected chi connectivity index (χ2v) is 13.4. The van der Waals surface area contributed by atoms with Gasteiger partial charge in [0.15, 0.2) is 6.10 Å². The van der Waals surface area contributed by atoms with Gasteiger partial charge in [-0.15, -0.1) is 0 Å². The fraction of sp³-hybridized carbons (Fsp3) is 0.833. The maximum absolute atomic E-state index is 12.3. The Kier molecular flexibility index (Phi) is 31.4. The molecule has 2 N–H and O–H groups in total. The second kappa shape index (κ2) is 32.5. The largest absolute Gasteiger partial charge is 0.469 e. The van der Waals surface area contributed by atoms with Crippen molar-refractivity contribution in [1.29, 1.82) is 0 Å². The molecule has 1 atom stereocenters. The van der Waals surface area contributed by atoms with Crippen LogP contribution in [0.4, 0.5) is 0 Å². The highest BCUT2D eigenvalue weighted by atomic mass is 31.2. The third-order valence-corrected chi connectivity index (χ3v) is 8.19. The molecule has 45 heavy (non-hydrogen) atoms. The number of allylic oxidation sites excluding steroid dienone is 4. The normalized spacial score (nSPS) is 12.7. The van der Waals surface area contributed by atoms with Crippen molar-refractivity contribution in [3.8, 4) is 0 Å². The average molecular weight is 659 g/mol. The SMILES string of the molecule is CCCCC/C=C/CCCCCCCC(=O)O[C@H](COC(=O)CC/C=C/CCCCCCCCCCCCC)COP(=O)(O)O. The van der Waals surface area contributed by atoms with Gasteiger partial charge in [-0.2, -0.15) is 0 Å². The van der Waals surface area contributed by atoms with Crippen LogP contribution in [0.3, 0.4) is 0 Å². The highest BCUT2D eigenvalue weighted by Gasteiger charge is 2.22. The van der Waals surface area contributed by atoms with E-state index < -0.39 is 32.5 Å². The van der Waals surface area contributed by atoms with Crippen molar-refractivity contribution < 1.29 is 37.9 Å². The highest BCUT2D eigenvalue weighted by molar-refractivity contribution is 7.46. The maximum Gasteiger partial charge on any atom is 0.469 e. The minimum atomic E-state index is -4.75. The van der Waals surface area contributed by atoms with E-state index in [0.29, 0.717) is 12.8 Å². The van der Waals surface area contributed by atoms with Gasteiger partial charge < -0.3 is 19.3 Å². The minimum absolute atomic E-state index is 0.184. The van der Waals surface area contributed by atoms with Crippen LogP contribution in [0, 0.1) is 0 Å². The fourth-order valence-corrected chi connectivity index (χ4v) is 5.33. The first-order valence-electron chi connectivity index (χ1n) is 18.1. The Morgan fingerprint density at radius 3 is 1.49 bits per heavy atom. The Morgan fingerprint density at radius 1 is 0.556 bits per heavy atom. The molecule has 0 rings (SSSR count). The molecular weight excluding hydrogens is 591 g/mol. The van der Waals surface area contributed by atoms with E-state index >= 15 is 0 Å². The van der Waals surface area contributed by atoms with E-state index in [0.717, 1.165) is 51.4 Å².